The molecule has 0 spiro atoms. The zero-order chi connectivity index (χ0) is 18.2. The smallest absolute Gasteiger partial charge is 0.374 e. The van der Waals surface area contributed by atoms with Crippen LogP contribution in [0.25, 0.3) is 0 Å². The number of nitro groups is 1. The van der Waals surface area contributed by atoms with Crippen molar-refractivity contribution in [1.29, 1.82) is 0 Å². The summed E-state index contributed by atoms with van der Waals surface area (Å²) < 4.78 is 66.8. The van der Waals surface area contributed by atoms with Crippen LogP contribution >= 0.6 is 0 Å². The highest BCUT2D eigenvalue weighted by atomic mass is 19.4. The molecule has 0 bridgehead atoms. The molecule has 1 atom stereocenters. The standard InChI is InChI=1S/C14H9F5N2O3/c15-13(16,14(17,18)19)12(22,10-2-1-7-20-8-10)9-3-5-11(6-4-9)21(23)24/h1-8,22H. The first kappa shape index (κ1) is 17.7. The summed E-state index contributed by atoms with van der Waals surface area (Å²) in [7, 11) is 0. The molecule has 1 aromatic heterocycles. The van der Waals surface area contributed by atoms with Gasteiger partial charge in [0.25, 0.3) is 5.69 Å². The molecule has 0 fully saturated rings. The minimum Gasteiger partial charge on any atom is -0.374 e. The average molecular weight is 348 g/mol. The van der Waals surface area contributed by atoms with E-state index in [1.54, 1.807) is 0 Å². The molecule has 0 aliphatic heterocycles. The Morgan fingerprint density at radius 2 is 1.58 bits per heavy atom. The third-order valence-corrected chi connectivity index (χ3v) is 3.39. The highest BCUT2D eigenvalue weighted by molar-refractivity contribution is 5.42. The highest BCUT2D eigenvalue weighted by Gasteiger charge is 2.71. The fourth-order valence-electron chi connectivity index (χ4n) is 2.14. The Bertz CT molecular complexity index is 734. The molecular formula is C14H9F5N2O3. The number of nitro benzene ring substituents is 1. The van der Waals surface area contributed by atoms with Crippen LogP contribution in [0, 0.1) is 10.1 Å². The number of benzene rings is 1. The lowest BCUT2D eigenvalue weighted by Gasteiger charge is -2.37. The highest BCUT2D eigenvalue weighted by Crippen LogP contribution is 2.51. The number of hydrogen-bond acceptors (Lipinski definition) is 4. The van der Waals surface area contributed by atoms with E-state index in [4.69, 9.17) is 0 Å². The first-order valence-electron chi connectivity index (χ1n) is 6.34. The van der Waals surface area contributed by atoms with Crippen molar-refractivity contribution in [3.8, 4) is 0 Å². The largest absolute Gasteiger partial charge is 0.457 e. The van der Waals surface area contributed by atoms with E-state index in [0.29, 0.717) is 18.3 Å². The van der Waals surface area contributed by atoms with E-state index in [1.807, 2.05) is 0 Å². The summed E-state index contributed by atoms with van der Waals surface area (Å²) in [5.74, 6) is -5.57. The van der Waals surface area contributed by atoms with Gasteiger partial charge in [0, 0.05) is 30.1 Å². The van der Waals surface area contributed by atoms with Crippen molar-refractivity contribution < 1.29 is 32.0 Å². The monoisotopic (exact) mass is 348 g/mol. The minimum absolute atomic E-state index is 0.525. The number of aliphatic hydroxyl groups is 1. The van der Waals surface area contributed by atoms with Gasteiger partial charge in [-0.25, -0.2) is 0 Å². The van der Waals surface area contributed by atoms with Crippen LogP contribution in [0.5, 0.6) is 0 Å². The molecule has 1 unspecified atom stereocenters. The molecule has 10 heteroatoms. The van der Waals surface area contributed by atoms with E-state index < -0.39 is 39.4 Å². The van der Waals surface area contributed by atoms with Gasteiger partial charge in [0.2, 0.25) is 0 Å². The minimum atomic E-state index is -6.07. The Hall–Kier alpha value is -2.62. The summed E-state index contributed by atoms with van der Waals surface area (Å²) in [4.78, 5) is 13.2. The zero-order valence-corrected chi connectivity index (χ0v) is 11.7. The van der Waals surface area contributed by atoms with Crippen LogP contribution in [0.4, 0.5) is 27.6 Å². The molecular weight excluding hydrogens is 339 g/mol. The number of halogens is 5. The van der Waals surface area contributed by atoms with E-state index in [9.17, 15) is 37.2 Å². The predicted molar refractivity (Wildman–Crippen MR) is 71.3 cm³/mol. The molecule has 0 saturated carbocycles. The normalized spacial score (nSPS) is 14.9. The molecule has 0 aliphatic rings. The van der Waals surface area contributed by atoms with E-state index in [1.165, 1.54) is 0 Å². The molecule has 0 saturated heterocycles. The van der Waals surface area contributed by atoms with Crippen molar-refractivity contribution in [3.05, 3.63) is 70.0 Å². The SMILES string of the molecule is O=[N+]([O-])c1ccc(C(O)(c2cccnc2)C(F)(F)C(F)(F)F)cc1. The number of aromatic nitrogens is 1. The zero-order valence-electron chi connectivity index (χ0n) is 11.7. The summed E-state index contributed by atoms with van der Waals surface area (Å²) in [5, 5.41) is 21.0. The van der Waals surface area contributed by atoms with Crippen LogP contribution in [0.1, 0.15) is 11.1 Å². The number of non-ortho nitro benzene ring substituents is 1. The number of alkyl halides is 5. The van der Waals surface area contributed by atoms with Crippen molar-refractivity contribution in [3.63, 3.8) is 0 Å². The maximum Gasteiger partial charge on any atom is 0.457 e. The second-order valence-electron chi connectivity index (χ2n) is 4.83. The summed E-state index contributed by atoms with van der Waals surface area (Å²) in [6, 6.07) is 4.67. The Kier molecular flexibility index (Phi) is 4.27. The first-order chi connectivity index (χ1) is 11.0. The van der Waals surface area contributed by atoms with Gasteiger partial charge < -0.3 is 5.11 Å². The maximum absolute atomic E-state index is 14.1. The van der Waals surface area contributed by atoms with Gasteiger partial charge in [0.05, 0.1) is 4.92 Å². The summed E-state index contributed by atoms with van der Waals surface area (Å²) >= 11 is 0. The maximum atomic E-state index is 14.1. The Balaban J connectivity index is 2.71. The van der Waals surface area contributed by atoms with Gasteiger partial charge in [0.15, 0.2) is 5.60 Å². The van der Waals surface area contributed by atoms with Gasteiger partial charge >= 0.3 is 12.1 Å². The second-order valence-corrected chi connectivity index (χ2v) is 4.83. The van der Waals surface area contributed by atoms with Crippen LogP contribution in [-0.4, -0.2) is 27.1 Å². The molecule has 1 aromatic carbocycles. The van der Waals surface area contributed by atoms with Gasteiger partial charge in [0.1, 0.15) is 0 Å². The van der Waals surface area contributed by atoms with Crippen molar-refractivity contribution in [2.24, 2.45) is 0 Å². The molecule has 0 amide bonds. The van der Waals surface area contributed by atoms with Crippen LogP contribution in [-0.2, 0) is 5.60 Å². The molecule has 5 nitrogen and oxygen atoms in total. The molecule has 1 heterocycles. The number of pyridine rings is 1. The van der Waals surface area contributed by atoms with Crippen molar-refractivity contribution >= 4 is 5.69 Å². The van der Waals surface area contributed by atoms with Crippen LogP contribution in [0.15, 0.2) is 48.8 Å². The molecule has 2 rings (SSSR count). The number of hydrogen-bond donors (Lipinski definition) is 1. The molecule has 24 heavy (non-hydrogen) atoms. The molecule has 128 valence electrons. The van der Waals surface area contributed by atoms with Gasteiger partial charge in [-0.3, -0.25) is 15.1 Å². The van der Waals surface area contributed by atoms with Crippen LogP contribution in [0.3, 0.4) is 0 Å². The van der Waals surface area contributed by atoms with Crippen molar-refractivity contribution in [2.45, 2.75) is 17.7 Å². The summed E-state index contributed by atoms with van der Waals surface area (Å²) in [6.45, 7) is 0. The van der Waals surface area contributed by atoms with Crippen molar-refractivity contribution in [1.82, 2.24) is 4.98 Å². The van der Waals surface area contributed by atoms with Gasteiger partial charge in [-0.15, -0.1) is 0 Å². The van der Waals surface area contributed by atoms with Gasteiger partial charge in [-0.1, -0.05) is 6.07 Å². The molecule has 1 N–H and O–H groups in total. The first-order valence-corrected chi connectivity index (χ1v) is 6.34. The third-order valence-electron chi connectivity index (χ3n) is 3.39. The number of rotatable bonds is 4. The lowest BCUT2D eigenvalue weighted by Crippen LogP contribution is -2.55. The summed E-state index contributed by atoms with van der Waals surface area (Å²) in [5.41, 5.74) is -5.98. The fourth-order valence-corrected chi connectivity index (χ4v) is 2.14. The van der Waals surface area contributed by atoms with Gasteiger partial charge in [-0.2, -0.15) is 22.0 Å². The third kappa shape index (κ3) is 2.68. The molecule has 2 aromatic rings. The quantitative estimate of drug-likeness (QED) is 0.522. The van der Waals surface area contributed by atoms with E-state index in [0.717, 1.165) is 30.5 Å². The Morgan fingerprint density at radius 3 is 2.00 bits per heavy atom. The topological polar surface area (TPSA) is 76.3 Å². The molecule has 0 aliphatic carbocycles. The fraction of sp³-hybridized carbons (Fsp3) is 0.214. The van der Waals surface area contributed by atoms with E-state index in [-0.39, 0.29) is 0 Å². The lowest BCUT2D eigenvalue weighted by molar-refractivity contribution is -0.384. The van der Waals surface area contributed by atoms with E-state index >= 15 is 0 Å². The lowest BCUT2D eigenvalue weighted by atomic mass is 9.81. The van der Waals surface area contributed by atoms with Gasteiger partial charge in [-0.05, 0) is 23.8 Å². The Morgan fingerprint density at radius 1 is 1.00 bits per heavy atom. The second kappa shape index (κ2) is 5.78. The Labute approximate surface area is 131 Å². The van der Waals surface area contributed by atoms with E-state index in [2.05, 4.69) is 4.98 Å². The van der Waals surface area contributed by atoms with Crippen LogP contribution < -0.4 is 0 Å². The molecule has 0 radical (unpaired) electrons. The average Bonchev–Trinajstić information content (AvgIpc) is 2.53. The summed E-state index contributed by atoms with van der Waals surface area (Å²) in [6.07, 6.45) is -4.27. The van der Waals surface area contributed by atoms with Crippen molar-refractivity contribution in [2.75, 3.05) is 0 Å². The van der Waals surface area contributed by atoms with Crippen LogP contribution in [0.2, 0.25) is 0 Å². The predicted octanol–water partition coefficient (Wildman–Crippen LogP) is 3.42. The number of nitrogens with zero attached hydrogens (tertiary/aromatic N) is 2.